The largest absolute Gasteiger partial charge is 0.325 e. The minimum Gasteiger partial charge on any atom is -0.325 e. The highest BCUT2D eigenvalue weighted by Crippen LogP contribution is 2.15. The van der Waals surface area contributed by atoms with Crippen molar-refractivity contribution in [1.82, 2.24) is 9.97 Å². The fourth-order valence-corrected chi connectivity index (χ4v) is 1.85. The number of carbonyl (C=O) groups excluding carboxylic acids is 1. The maximum absolute atomic E-state index is 11.9. The normalized spacial score (nSPS) is 14.3. The topological polar surface area (TPSA) is 104 Å². The first-order valence-electron chi connectivity index (χ1n) is 6.29. The van der Waals surface area contributed by atoms with E-state index in [1.54, 1.807) is 18.2 Å². The lowest BCUT2D eigenvalue weighted by Gasteiger charge is -2.17. The van der Waals surface area contributed by atoms with Crippen LogP contribution in [0.5, 0.6) is 0 Å². The zero-order chi connectivity index (χ0) is 14.0. The van der Waals surface area contributed by atoms with E-state index in [4.69, 9.17) is 5.73 Å². The zero-order valence-corrected chi connectivity index (χ0v) is 11.0. The number of hydrogen-bond donors (Lipinski definition) is 4. The molecule has 0 bridgehead atoms. The molecule has 0 spiro atoms. The van der Waals surface area contributed by atoms with Crippen LogP contribution in [0.3, 0.4) is 0 Å². The lowest BCUT2D eigenvalue weighted by molar-refractivity contribution is -0.118. The van der Waals surface area contributed by atoms with Crippen molar-refractivity contribution in [2.24, 2.45) is 11.7 Å². The average molecular weight is 262 g/mol. The van der Waals surface area contributed by atoms with Crippen LogP contribution in [0.4, 0.5) is 5.69 Å². The fraction of sp³-hybridized carbons (Fsp3) is 0.385. The van der Waals surface area contributed by atoms with Gasteiger partial charge in [0, 0.05) is 5.69 Å². The van der Waals surface area contributed by atoms with Crippen molar-refractivity contribution in [2.45, 2.75) is 26.3 Å². The molecule has 19 heavy (non-hydrogen) atoms. The van der Waals surface area contributed by atoms with Gasteiger partial charge in [-0.2, -0.15) is 0 Å². The molecular weight excluding hydrogens is 244 g/mol. The summed E-state index contributed by atoms with van der Waals surface area (Å²) in [5, 5.41) is 2.76. The van der Waals surface area contributed by atoms with Crippen molar-refractivity contribution in [3.63, 3.8) is 0 Å². The first-order valence-corrected chi connectivity index (χ1v) is 6.29. The van der Waals surface area contributed by atoms with Gasteiger partial charge in [-0.15, -0.1) is 0 Å². The molecule has 0 aliphatic heterocycles. The molecule has 0 radical (unpaired) electrons. The van der Waals surface area contributed by atoms with Crippen LogP contribution in [-0.4, -0.2) is 21.9 Å². The molecule has 0 aliphatic carbocycles. The monoisotopic (exact) mass is 262 g/mol. The van der Waals surface area contributed by atoms with Crippen molar-refractivity contribution in [3.8, 4) is 0 Å². The molecule has 2 atom stereocenters. The highest BCUT2D eigenvalue weighted by Gasteiger charge is 2.19. The van der Waals surface area contributed by atoms with Crippen molar-refractivity contribution in [3.05, 3.63) is 28.7 Å². The molecule has 5 N–H and O–H groups in total. The Labute approximate surface area is 110 Å². The van der Waals surface area contributed by atoms with E-state index in [1.165, 1.54) is 0 Å². The molecule has 0 fully saturated rings. The summed E-state index contributed by atoms with van der Waals surface area (Å²) < 4.78 is 0. The second kappa shape index (κ2) is 5.27. The van der Waals surface area contributed by atoms with E-state index in [2.05, 4.69) is 15.3 Å². The molecule has 0 aliphatic rings. The van der Waals surface area contributed by atoms with Crippen molar-refractivity contribution < 1.29 is 4.79 Å². The summed E-state index contributed by atoms with van der Waals surface area (Å²) in [6.07, 6.45) is 0.846. The van der Waals surface area contributed by atoms with E-state index >= 15 is 0 Å². The minimum atomic E-state index is -0.536. The molecule has 1 heterocycles. The highest BCUT2D eigenvalue weighted by molar-refractivity contribution is 5.96. The van der Waals surface area contributed by atoms with Gasteiger partial charge >= 0.3 is 5.69 Å². The smallest absolute Gasteiger partial charge is 0.323 e. The van der Waals surface area contributed by atoms with Gasteiger partial charge in [-0.05, 0) is 24.1 Å². The number of hydrogen-bond acceptors (Lipinski definition) is 3. The van der Waals surface area contributed by atoms with Gasteiger partial charge in [-0.3, -0.25) is 4.79 Å². The number of rotatable bonds is 4. The van der Waals surface area contributed by atoms with Crippen LogP contribution in [0.2, 0.25) is 0 Å². The van der Waals surface area contributed by atoms with Gasteiger partial charge < -0.3 is 21.0 Å². The first kappa shape index (κ1) is 13.4. The Morgan fingerprint density at radius 3 is 2.74 bits per heavy atom. The van der Waals surface area contributed by atoms with Crippen molar-refractivity contribution >= 4 is 22.6 Å². The van der Waals surface area contributed by atoms with Gasteiger partial charge in [0.25, 0.3) is 0 Å². The number of benzene rings is 1. The van der Waals surface area contributed by atoms with Crippen molar-refractivity contribution in [2.75, 3.05) is 5.32 Å². The molecule has 102 valence electrons. The van der Waals surface area contributed by atoms with Gasteiger partial charge in [0.2, 0.25) is 5.91 Å². The number of aromatic amines is 2. The molecule has 0 unspecified atom stereocenters. The van der Waals surface area contributed by atoms with E-state index in [-0.39, 0.29) is 17.5 Å². The Morgan fingerprint density at radius 2 is 2.05 bits per heavy atom. The number of H-pyrrole nitrogens is 2. The molecule has 0 saturated carbocycles. The molecule has 0 saturated heterocycles. The Hall–Kier alpha value is -2.08. The van der Waals surface area contributed by atoms with Crippen LogP contribution >= 0.6 is 0 Å². The van der Waals surface area contributed by atoms with Crippen LogP contribution in [0, 0.1) is 5.92 Å². The quantitative estimate of drug-likeness (QED) is 0.664. The van der Waals surface area contributed by atoms with Gasteiger partial charge in [0.1, 0.15) is 0 Å². The summed E-state index contributed by atoms with van der Waals surface area (Å²) in [7, 11) is 0. The summed E-state index contributed by atoms with van der Waals surface area (Å²) in [5.74, 6) is -0.0950. The third-order valence-corrected chi connectivity index (χ3v) is 3.34. The molecule has 1 aromatic heterocycles. The number of nitrogens with two attached hydrogens (primary N) is 1. The Morgan fingerprint density at radius 1 is 1.37 bits per heavy atom. The number of amides is 1. The second-order valence-corrected chi connectivity index (χ2v) is 4.74. The molecule has 6 heteroatoms. The van der Waals surface area contributed by atoms with Crippen LogP contribution in [0.1, 0.15) is 20.3 Å². The Bertz CT molecular complexity index is 643. The summed E-state index contributed by atoms with van der Waals surface area (Å²) >= 11 is 0. The molecule has 1 aromatic carbocycles. The second-order valence-electron chi connectivity index (χ2n) is 4.74. The van der Waals surface area contributed by atoms with E-state index in [9.17, 15) is 9.59 Å². The number of anilines is 1. The van der Waals surface area contributed by atoms with Crippen molar-refractivity contribution in [1.29, 1.82) is 0 Å². The summed E-state index contributed by atoms with van der Waals surface area (Å²) in [6, 6.07) is 4.63. The average Bonchev–Trinajstić information content (AvgIpc) is 2.76. The summed E-state index contributed by atoms with van der Waals surface area (Å²) in [5.41, 5.74) is 7.56. The number of aromatic nitrogens is 2. The first-order chi connectivity index (χ1) is 9.01. The summed E-state index contributed by atoms with van der Waals surface area (Å²) in [6.45, 7) is 3.94. The van der Waals surface area contributed by atoms with Gasteiger partial charge in [0.15, 0.2) is 0 Å². The maximum atomic E-state index is 11.9. The predicted molar refractivity (Wildman–Crippen MR) is 75.0 cm³/mol. The molecule has 6 nitrogen and oxygen atoms in total. The Kier molecular flexibility index (Phi) is 3.71. The van der Waals surface area contributed by atoms with E-state index in [0.29, 0.717) is 16.7 Å². The van der Waals surface area contributed by atoms with Crippen LogP contribution < -0.4 is 16.7 Å². The van der Waals surface area contributed by atoms with E-state index < -0.39 is 6.04 Å². The third kappa shape index (κ3) is 2.85. The summed E-state index contributed by atoms with van der Waals surface area (Å²) in [4.78, 5) is 28.4. The number of imidazole rings is 1. The van der Waals surface area contributed by atoms with Crippen LogP contribution in [-0.2, 0) is 4.79 Å². The molecule has 2 aromatic rings. The molecule has 2 rings (SSSR count). The lowest BCUT2D eigenvalue weighted by Crippen LogP contribution is -2.40. The standard InChI is InChI=1S/C13H18N4O2/c1-3-7(2)11(14)12(18)15-8-4-5-9-10(6-8)17-13(19)16-9/h4-7,11H,3,14H2,1-2H3,(H,15,18)(H2,16,17,19)/t7-,11-/m0/s1. The maximum Gasteiger partial charge on any atom is 0.323 e. The number of nitrogens with one attached hydrogen (secondary N) is 3. The van der Waals surface area contributed by atoms with Crippen LogP contribution in [0.25, 0.3) is 11.0 Å². The molecule has 1 amide bonds. The highest BCUT2D eigenvalue weighted by atomic mass is 16.2. The van der Waals surface area contributed by atoms with Gasteiger partial charge in [0.05, 0.1) is 17.1 Å². The zero-order valence-electron chi connectivity index (χ0n) is 11.0. The predicted octanol–water partition coefficient (Wildman–Crippen LogP) is 1.17. The van der Waals surface area contributed by atoms with Gasteiger partial charge in [-0.1, -0.05) is 20.3 Å². The number of carbonyl (C=O) groups is 1. The lowest BCUT2D eigenvalue weighted by atomic mass is 9.99. The van der Waals surface area contributed by atoms with Crippen LogP contribution in [0.15, 0.2) is 23.0 Å². The van der Waals surface area contributed by atoms with Gasteiger partial charge in [-0.25, -0.2) is 4.79 Å². The Balaban J connectivity index is 2.16. The third-order valence-electron chi connectivity index (χ3n) is 3.34. The van der Waals surface area contributed by atoms with E-state index in [0.717, 1.165) is 6.42 Å². The number of fused-ring (bicyclic) bond motifs is 1. The SMILES string of the molecule is CC[C@H](C)[C@H](N)C(=O)Nc1ccc2[nH]c(=O)[nH]c2c1. The fourth-order valence-electron chi connectivity index (χ4n) is 1.85. The molecular formula is C13H18N4O2. The minimum absolute atomic E-state index is 0.121. The van der Waals surface area contributed by atoms with E-state index in [1.807, 2.05) is 13.8 Å².